The van der Waals surface area contributed by atoms with E-state index in [1.54, 1.807) is 11.3 Å². The zero-order valence-corrected chi connectivity index (χ0v) is 11.6. The number of thiol groups is 1. The molecule has 0 aliphatic rings. The molecular formula is C12H19NOS2. The predicted molar refractivity (Wildman–Crippen MR) is 73.2 cm³/mol. The van der Waals surface area contributed by atoms with Crippen LogP contribution in [0.2, 0.25) is 0 Å². The van der Waals surface area contributed by atoms with Gasteiger partial charge in [0.1, 0.15) is 0 Å². The fourth-order valence-corrected chi connectivity index (χ4v) is 2.20. The maximum Gasteiger partial charge on any atom is 0.233 e. The first kappa shape index (κ1) is 13.6. The third-order valence-electron chi connectivity index (χ3n) is 2.41. The zero-order chi connectivity index (χ0) is 12.1. The summed E-state index contributed by atoms with van der Waals surface area (Å²) >= 11 is 5.98. The van der Waals surface area contributed by atoms with E-state index in [2.05, 4.69) is 34.8 Å². The Hall–Kier alpha value is -0.480. The number of carbonyl (C=O) groups is 1. The van der Waals surface area contributed by atoms with Crippen molar-refractivity contribution in [1.29, 1.82) is 0 Å². The molecule has 2 nitrogen and oxygen atoms in total. The Balaban J connectivity index is 2.39. The van der Waals surface area contributed by atoms with Crippen LogP contribution >= 0.6 is 24.0 Å². The van der Waals surface area contributed by atoms with Gasteiger partial charge in [-0.3, -0.25) is 4.79 Å². The van der Waals surface area contributed by atoms with Crippen molar-refractivity contribution >= 4 is 29.9 Å². The highest BCUT2D eigenvalue weighted by Gasteiger charge is 2.19. The third kappa shape index (κ3) is 4.18. The molecule has 0 bridgehead atoms. The maximum atomic E-state index is 11.7. The average Bonchev–Trinajstić information content (AvgIpc) is 2.68. The quantitative estimate of drug-likeness (QED) is 0.780. The number of thiophene rings is 1. The van der Waals surface area contributed by atoms with Gasteiger partial charge < -0.3 is 5.32 Å². The number of rotatable bonds is 5. The van der Waals surface area contributed by atoms with Gasteiger partial charge in [0.25, 0.3) is 0 Å². The van der Waals surface area contributed by atoms with E-state index in [0.717, 1.165) is 6.42 Å². The van der Waals surface area contributed by atoms with Crippen molar-refractivity contribution in [2.24, 2.45) is 5.92 Å². The molecule has 90 valence electrons. The molecule has 4 heteroatoms. The minimum Gasteiger partial charge on any atom is -0.352 e. The molecular weight excluding hydrogens is 238 g/mol. The molecule has 0 saturated heterocycles. The lowest BCUT2D eigenvalue weighted by atomic mass is 10.1. The smallest absolute Gasteiger partial charge is 0.233 e. The lowest BCUT2D eigenvalue weighted by Gasteiger charge is -2.18. The van der Waals surface area contributed by atoms with Gasteiger partial charge in [0.15, 0.2) is 0 Å². The molecule has 16 heavy (non-hydrogen) atoms. The normalized spacial score (nSPS) is 14.8. The van der Waals surface area contributed by atoms with Crippen molar-refractivity contribution in [3.8, 4) is 0 Å². The van der Waals surface area contributed by atoms with E-state index in [1.807, 2.05) is 20.8 Å². The second-order valence-corrected chi connectivity index (χ2v) is 5.77. The van der Waals surface area contributed by atoms with E-state index in [4.69, 9.17) is 0 Å². The number of amides is 1. The van der Waals surface area contributed by atoms with Crippen LogP contribution in [0.3, 0.4) is 0 Å². The number of hydrogen-bond acceptors (Lipinski definition) is 3. The molecule has 0 radical (unpaired) electrons. The fourth-order valence-electron chi connectivity index (χ4n) is 1.44. The topological polar surface area (TPSA) is 29.1 Å². The minimum absolute atomic E-state index is 0.0288. The van der Waals surface area contributed by atoms with E-state index < -0.39 is 0 Å². The molecule has 1 amide bonds. The monoisotopic (exact) mass is 257 g/mol. The number of nitrogens with one attached hydrogen (secondary N) is 1. The van der Waals surface area contributed by atoms with Crippen LogP contribution in [0, 0.1) is 5.92 Å². The Bertz CT molecular complexity index is 322. The summed E-state index contributed by atoms with van der Waals surface area (Å²) in [5.41, 5.74) is 1.28. The number of hydrogen-bond donors (Lipinski definition) is 2. The molecule has 0 spiro atoms. The van der Waals surface area contributed by atoms with Crippen molar-refractivity contribution in [2.75, 3.05) is 0 Å². The van der Waals surface area contributed by atoms with Gasteiger partial charge in [-0.2, -0.15) is 24.0 Å². The summed E-state index contributed by atoms with van der Waals surface area (Å²) < 4.78 is 0. The van der Waals surface area contributed by atoms with Crippen LogP contribution in [0.4, 0.5) is 0 Å². The second kappa shape index (κ2) is 6.30. The molecule has 0 aliphatic heterocycles. The van der Waals surface area contributed by atoms with E-state index in [1.165, 1.54) is 5.56 Å². The molecule has 0 aromatic carbocycles. The summed E-state index contributed by atoms with van der Waals surface area (Å²) in [4.78, 5) is 11.7. The molecule has 0 fully saturated rings. The van der Waals surface area contributed by atoms with Gasteiger partial charge in [-0.1, -0.05) is 13.8 Å². The first-order chi connectivity index (χ1) is 7.50. The first-order valence-corrected chi connectivity index (χ1v) is 6.96. The van der Waals surface area contributed by atoms with Gasteiger partial charge in [0.2, 0.25) is 5.91 Å². The highest BCUT2D eigenvalue weighted by atomic mass is 32.1. The van der Waals surface area contributed by atoms with Crippen LogP contribution < -0.4 is 5.32 Å². The van der Waals surface area contributed by atoms with Crippen LogP contribution in [0.1, 0.15) is 26.3 Å². The predicted octanol–water partition coefficient (Wildman–Crippen LogP) is 2.75. The molecule has 2 unspecified atom stereocenters. The molecule has 0 aliphatic carbocycles. The highest BCUT2D eigenvalue weighted by Crippen LogP contribution is 2.11. The van der Waals surface area contributed by atoms with Gasteiger partial charge in [-0.25, -0.2) is 0 Å². The van der Waals surface area contributed by atoms with Crippen LogP contribution in [0.25, 0.3) is 0 Å². The van der Waals surface area contributed by atoms with Crippen LogP contribution in [0.5, 0.6) is 0 Å². The van der Waals surface area contributed by atoms with Gasteiger partial charge in [-0.15, -0.1) is 0 Å². The molecule has 1 aromatic rings. The molecule has 1 rings (SSSR count). The molecule has 0 saturated carbocycles. The van der Waals surface area contributed by atoms with Gasteiger partial charge in [0.05, 0.1) is 5.25 Å². The Labute approximate surface area is 107 Å². The fraction of sp³-hybridized carbons (Fsp3) is 0.583. The summed E-state index contributed by atoms with van der Waals surface area (Å²) in [5, 5.41) is 6.94. The van der Waals surface area contributed by atoms with Crippen molar-refractivity contribution in [3.05, 3.63) is 22.4 Å². The summed E-state index contributed by atoms with van der Waals surface area (Å²) in [6.07, 6.45) is 0.883. The van der Waals surface area contributed by atoms with E-state index in [0.29, 0.717) is 0 Å². The van der Waals surface area contributed by atoms with Crippen LogP contribution in [0.15, 0.2) is 16.8 Å². The second-order valence-electron chi connectivity index (χ2n) is 4.43. The van der Waals surface area contributed by atoms with Crippen LogP contribution in [-0.4, -0.2) is 17.2 Å². The first-order valence-electron chi connectivity index (χ1n) is 5.50. The maximum absolute atomic E-state index is 11.7. The van der Waals surface area contributed by atoms with Gasteiger partial charge in [-0.05, 0) is 41.7 Å². The van der Waals surface area contributed by atoms with Crippen LogP contribution in [-0.2, 0) is 11.2 Å². The van der Waals surface area contributed by atoms with Crippen molar-refractivity contribution in [2.45, 2.75) is 38.5 Å². The zero-order valence-electron chi connectivity index (χ0n) is 9.93. The summed E-state index contributed by atoms with van der Waals surface area (Å²) in [5.74, 6) is 0.290. The molecule has 1 N–H and O–H groups in total. The standard InChI is InChI=1S/C12H19NOS2/c1-8(2)11(15)12(14)13-9(3)6-10-4-5-16-7-10/h4-5,7-9,11,15H,6H2,1-3H3,(H,13,14). The number of carbonyl (C=O) groups excluding carboxylic acids is 1. The summed E-state index contributed by atoms with van der Waals surface area (Å²) in [6, 6.07) is 2.25. The molecule has 1 aromatic heterocycles. The Morgan fingerprint density at radius 1 is 1.50 bits per heavy atom. The van der Waals surface area contributed by atoms with Gasteiger partial charge >= 0.3 is 0 Å². The molecule has 1 heterocycles. The van der Waals surface area contributed by atoms with E-state index in [9.17, 15) is 4.79 Å². The summed E-state index contributed by atoms with van der Waals surface area (Å²) in [6.45, 7) is 6.03. The lowest BCUT2D eigenvalue weighted by Crippen LogP contribution is -2.40. The molecule has 2 atom stereocenters. The minimum atomic E-state index is -0.218. The van der Waals surface area contributed by atoms with E-state index in [-0.39, 0.29) is 23.1 Å². The highest BCUT2D eigenvalue weighted by molar-refractivity contribution is 7.81. The van der Waals surface area contributed by atoms with Gasteiger partial charge in [0, 0.05) is 6.04 Å². The van der Waals surface area contributed by atoms with Crippen molar-refractivity contribution < 1.29 is 4.79 Å². The van der Waals surface area contributed by atoms with E-state index >= 15 is 0 Å². The largest absolute Gasteiger partial charge is 0.352 e. The SMILES string of the molecule is CC(Cc1ccsc1)NC(=O)C(S)C(C)C. The Kier molecular flexibility index (Phi) is 5.35. The average molecular weight is 257 g/mol. The Morgan fingerprint density at radius 2 is 2.19 bits per heavy atom. The lowest BCUT2D eigenvalue weighted by molar-refractivity contribution is -0.121. The van der Waals surface area contributed by atoms with Crippen molar-refractivity contribution in [3.63, 3.8) is 0 Å². The summed E-state index contributed by atoms with van der Waals surface area (Å²) in [7, 11) is 0. The van der Waals surface area contributed by atoms with Crippen molar-refractivity contribution in [1.82, 2.24) is 5.32 Å². The Morgan fingerprint density at radius 3 is 2.69 bits per heavy atom. The third-order valence-corrected chi connectivity index (χ3v) is 3.97.